The third-order valence-corrected chi connectivity index (χ3v) is 4.09. The molecule has 1 aromatic carbocycles. The topological polar surface area (TPSA) is 32.3 Å². The van der Waals surface area contributed by atoms with E-state index in [1.807, 2.05) is 18.2 Å². The fourth-order valence-corrected chi connectivity index (χ4v) is 3.16. The van der Waals surface area contributed by atoms with Crippen molar-refractivity contribution in [2.75, 3.05) is 5.32 Å². The molecule has 1 fully saturated rings. The molecule has 1 saturated carbocycles. The minimum Gasteiger partial charge on any atom is -0.391 e. The monoisotopic (exact) mass is 333 g/mol. The molecule has 1 aromatic rings. The summed E-state index contributed by atoms with van der Waals surface area (Å²) in [5, 5.41) is 13.1. The number of anilines is 1. The van der Waals surface area contributed by atoms with Crippen LogP contribution in [0.4, 0.5) is 5.69 Å². The smallest absolute Gasteiger partial charge is 0.0741 e. The van der Waals surface area contributed by atoms with Gasteiger partial charge in [-0.15, -0.1) is 0 Å². The SMILES string of the molecule is O[C@@H]1CCC[C@H]1Nc1c(Br)cccc1Br. The van der Waals surface area contributed by atoms with Gasteiger partial charge >= 0.3 is 0 Å². The molecule has 1 aliphatic rings. The molecule has 2 rings (SSSR count). The zero-order chi connectivity index (χ0) is 10.8. The van der Waals surface area contributed by atoms with Gasteiger partial charge < -0.3 is 10.4 Å². The molecule has 2 atom stereocenters. The summed E-state index contributed by atoms with van der Waals surface area (Å²) in [5.74, 6) is 0. The van der Waals surface area contributed by atoms with Gasteiger partial charge in [0.25, 0.3) is 0 Å². The van der Waals surface area contributed by atoms with E-state index < -0.39 is 0 Å². The second-order valence-electron chi connectivity index (χ2n) is 3.85. The second-order valence-corrected chi connectivity index (χ2v) is 5.55. The Hall–Kier alpha value is -0.0600. The molecule has 0 amide bonds. The molecule has 0 radical (unpaired) electrons. The van der Waals surface area contributed by atoms with Crippen LogP contribution in [0.1, 0.15) is 19.3 Å². The van der Waals surface area contributed by atoms with Gasteiger partial charge in [0.1, 0.15) is 0 Å². The van der Waals surface area contributed by atoms with Crippen molar-refractivity contribution >= 4 is 37.5 Å². The molecule has 0 bridgehead atoms. The van der Waals surface area contributed by atoms with Crippen molar-refractivity contribution < 1.29 is 5.11 Å². The summed E-state index contributed by atoms with van der Waals surface area (Å²) in [6.45, 7) is 0. The fourth-order valence-electron chi connectivity index (χ4n) is 1.93. The number of nitrogens with one attached hydrogen (secondary N) is 1. The van der Waals surface area contributed by atoms with Crippen LogP contribution in [-0.2, 0) is 0 Å². The Bertz CT molecular complexity index is 336. The molecule has 4 heteroatoms. The lowest BCUT2D eigenvalue weighted by molar-refractivity contribution is 0.172. The van der Waals surface area contributed by atoms with E-state index in [2.05, 4.69) is 37.2 Å². The normalized spacial score (nSPS) is 25.5. The second kappa shape index (κ2) is 4.85. The number of para-hydroxylation sites is 1. The minimum absolute atomic E-state index is 0.181. The molecule has 0 aliphatic heterocycles. The van der Waals surface area contributed by atoms with Crippen LogP contribution in [0.3, 0.4) is 0 Å². The highest BCUT2D eigenvalue weighted by Crippen LogP contribution is 2.33. The number of hydrogen-bond acceptors (Lipinski definition) is 2. The number of halogens is 2. The van der Waals surface area contributed by atoms with E-state index in [1.165, 1.54) is 0 Å². The van der Waals surface area contributed by atoms with Crippen molar-refractivity contribution in [1.82, 2.24) is 0 Å². The van der Waals surface area contributed by atoms with Gasteiger partial charge in [-0.1, -0.05) is 6.07 Å². The zero-order valence-corrected chi connectivity index (χ0v) is 11.4. The summed E-state index contributed by atoms with van der Waals surface area (Å²) in [6, 6.07) is 6.15. The van der Waals surface area contributed by atoms with E-state index in [-0.39, 0.29) is 12.1 Å². The molecule has 82 valence electrons. The minimum atomic E-state index is -0.219. The van der Waals surface area contributed by atoms with Crippen molar-refractivity contribution in [3.05, 3.63) is 27.1 Å². The van der Waals surface area contributed by atoms with E-state index in [9.17, 15) is 5.11 Å². The summed E-state index contributed by atoms with van der Waals surface area (Å²) >= 11 is 7.00. The van der Waals surface area contributed by atoms with Crippen molar-refractivity contribution in [2.45, 2.75) is 31.4 Å². The maximum atomic E-state index is 9.74. The van der Waals surface area contributed by atoms with Gasteiger partial charge in [-0.25, -0.2) is 0 Å². The van der Waals surface area contributed by atoms with Crippen LogP contribution in [0.15, 0.2) is 27.1 Å². The van der Waals surface area contributed by atoms with Gasteiger partial charge in [-0.3, -0.25) is 0 Å². The molecule has 2 nitrogen and oxygen atoms in total. The van der Waals surface area contributed by atoms with Gasteiger partial charge in [0.2, 0.25) is 0 Å². The Kier molecular flexibility index (Phi) is 3.69. The summed E-state index contributed by atoms with van der Waals surface area (Å²) in [6.07, 6.45) is 2.82. The van der Waals surface area contributed by atoms with Gasteiger partial charge in [-0.2, -0.15) is 0 Å². The first-order valence-electron chi connectivity index (χ1n) is 5.07. The molecule has 15 heavy (non-hydrogen) atoms. The quantitative estimate of drug-likeness (QED) is 0.867. The summed E-state index contributed by atoms with van der Waals surface area (Å²) in [5.41, 5.74) is 1.03. The lowest BCUT2D eigenvalue weighted by Gasteiger charge is -2.19. The Labute approximate surface area is 106 Å². The molecule has 2 N–H and O–H groups in total. The molecule has 0 saturated heterocycles. The Morgan fingerprint density at radius 2 is 1.87 bits per heavy atom. The lowest BCUT2D eigenvalue weighted by Crippen LogP contribution is -2.28. The highest BCUT2D eigenvalue weighted by molar-refractivity contribution is 9.11. The number of hydrogen-bond donors (Lipinski definition) is 2. The first-order valence-corrected chi connectivity index (χ1v) is 6.65. The predicted molar refractivity (Wildman–Crippen MR) is 69.1 cm³/mol. The van der Waals surface area contributed by atoms with E-state index in [0.29, 0.717) is 0 Å². The molecular weight excluding hydrogens is 322 g/mol. The van der Waals surface area contributed by atoms with Gasteiger partial charge in [0, 0.05) is 8.95 Å². The number of aliphatic hydroxyl groups is 1. The first kappa shape index (κ1) is 11.4. The lowest BCUT2D eigenvalue weighted by atomic mass is 10.2. The largest absolute Gasteiger partial charge is 0.391 e. The zero-order valence-electron chi connectivity index (χ0n) is 8.21. The summed E-state index contributed by atoms with van der Waals surface area (Å²) in [4.78, 5) is 0. The van der Waals surface area contributed by atoms with E-state index in [1.54, 1.807) is 0 Å². The molecule has 0 aromatic heterocycles. The highest BCUT2D eigenvalue weighted by Gasteiger charge is 2.25. The number of aliphatic hydroxyl groups excluding tert-OH is 1. The van der Waals surface area contributed by atoms with Crippen molar-refractivity contribution in [2.24, 2.45) is 0 Å². The van der Waals surface area contributed by atoms with Crippen LogP contribution in [0, 0.1) is 0 Å². The van der Waals surface area contributed by atoms with Crippen LogP contribution in [0.5, 0.6) is 0 Å². The van der Waals surface area contributed by atoms with Crippen LogP contribution in [0.2, 0.25) is 0 Å². The summed E-state index contributed by atoms with van der Waals surface area (Å²) in [7, 11) is 0. The Morgan fingerprint density at radius 3 is 2.40 bits per heavy atom. The predicted octanol–water partition coefficient (Wildman–Crippen LogP) is 3.54. The third kappa shape index (κ3) is 2.55. The van der Waals surface area contributed by atoms with Gasteiger partial charge in [-0.05, 0) is 63.3 Å². The van der Waals surface area contributed by atoms with Crippen molar-refractivity contribution in [1.29, 1.82) is 0 Å². The number of benzene rings is 1. The van der Waals surface area contributed by atoms with Crippen molar-refractivity contribution in [3.8, 4) is 0 Å². The maximum Gasteiger partial charge on any atom is 0.0741 e. The highest BCUT2D eigenvalue weighted by atomic mass is 79.9. The molecule has 0 unspecified atom stereocenters. The van der Waals surface area contributed by atoms with Crippen molar-refractivity contribution in [3.63, 3.8) is 0 Å². The Morgan fingerprint density at radius 1 is 1.20 bits per heavy atom. The number of rotatable bonds is 2. The first-order chi connectivity index (χ1) is 7.18. The third-order valence-electron chi connectivity index (χ3n) is 2.77. The van der Waals surface area contributed by atoms with Gasteiger partial charge in [0.15, 0.2) is 0 Å². The average molecular weight is 335 g/mol. The molecular formula is C11H13Br2NO. The van der Waals surface area contributed by atoms with Crippen LogP contribution in [-0.4, -0.2) is 17.3 Å². The molecule has 1 aliphatic carbocycles. The van der Waals surface area contributed by atoms with Crippen LogP contribution in [0.25, 0.3) is 0 Å². The molecule has 0 spiro atoms. The molecule has 0 heterocycles. The van der Waals surface area contributed by atoms with Crippen LogP contribution >= 0.6 is 31.9 Å². The fraction of sp³-hybridized carbons (Fsp3) is 0.455. The standard InChI is InChI=1S/C11H13Br2NO/c12-7-3-1-4-8(13)11(7)14-9-5-2-6-10(9)15/h1,3-4,9-10,14-15H,2,5-6H2/t9-,10-/m1/s1. The maximum absolute atomic E-state index is 9.74. The van der Waals surface area contributed by atoms with E-state index in [0.717, 1.165) is 33.9 Å². The van der Waals surface area contributed by atoms with Crippen LogP contribution < -0.4 is 5.32 Å². The average Bonchev–Trinajstić information content (AvgIpc) is 2.58. The van der Waals surface area contributed by atoms with E-state index in [4.69, 9.17) is 0 Å². The Balaban J connectivity index is 2.16. The van der Waals surface area contributed by atoms with E-state index >= 15 is 0 Å². The summed E-state index contributed by atoms with van der Waals surface area (Å²) < 4.78 is 2.05. The van der Waals surface area contributed by atoms with Gasteiger partial charge in [0.05, 0.1) is 17.8 Å².